The molecule has 0 aliphatic rings. The molecule has 0 spiro atoms. The van der Waals surface area contributed by atoms with Gasteiger partial charge in [0.25, 0.3) is 5.56 Å². The third kappa shape index (κ3) is 3.25. The quantitative estimate of drug-likeness (QED) is 0.514. The van der Waals surface area contributed by atoms with E-state index in [9.17, 15) is 9.59 Å². The normalized spacial score (nSPS) is 11.1. The van der Waals surface area contributed by atoms with Crippen LogP contribution in [0.2, 0.25) is 5.02 Å². The number of hydrogen-bond acceptors (Lipinski definition) is 5. The molecule has 0 atom stereocenters. The Morgan fingerprint density at radius 3 is 2.64 bits per heavy atom. The number of aryl methyl sites for hydroxylation is 1. The van der Waals surface area contributed by atoms with Gasteiger partial charge in [0, 0.05) is 23.8 Å². The molecule has 8 nitrogen and oxygen atoms in total. The molecular formula is C19H16ClN5O3. The lowest BCUT2D eigenvalue weighted by molar-refractivity contribution is 0.421. The molecule has 142 valence electrons. The van der Waals surface area contributed by atoms with Crippen molar-refractivity contribution in [3.8, 4) is 11.8 Å². The fourth-order valence-corrected chi connectivity index (χ4v) is 3.02. The zero-order valence-electron chi connectivity index (χ0n) is 14.8. The number of nitrogen functional groups attached to an aromatic ring is 1. The van der Waals surface area contributed by atoms with Gasteiger partial charge in [0.15, 0.2) is 11.2 Å². The van der Waals surface area contributed by atoms with Crippen LogP contribution >= 0.6 is 11.6 Å². The van der Waals surface area contributed by atoms with E-state index in [-0.39, 0.29) is 17.2 Å². The summed E-state index contributed by atoms with van der Waals surface area (Å²) >= 11 is 5.96. The van der Waals surface area contributed by atoms with Crippen LogP contribution in [0.5, 0.6) is 11.8 Å². The summed E-state index contributed by atoms with van der Waals surface area (Å²) in [5, 5.41) is 0.607. The second-order valence-electron chi connectivity index (χ2n) is 6.27. The summed E-state index contributed by atoms with van der Waals surface area (Å²) in [5.74, 6) is 0.467. The maximum atomic E-state index is 12.5. The monoisotopic (exact) mass is 397 g/mol. The molecule has 4 rings (SSSR count). The highest BCUT2D eigenvalue weighted by Gasteiger charge is 2.19. The molecule has 0 unspecified atom stereocenters. The van der Waals surface area contributed by atoms with Crippen molar-refractivity contribution in [2.75, 3.05) is 5.73 Å². The van der Waals surface area contributed by atoms with Gasteiger partial charge in [0.05, 0.1) is 6.54 Å². The van der Waals surface area contributed by atoms with Crippen LogP contribution in [-0.4, -0.2) is 19.1 Å². The average Bonchev–Trinajstić information content (AvgIpc) is 3.00. The average molecular weight is 398 g/mol. The summed E-state index contributed by atoms with van der Waals surface area (Å²) in [6.45, 7) is 0.298. The molecule has 9 heteroatoms. The minimum atomic E-state index is -0.552. The van der Waals surface area contributed by atoms with Gasteiger partial charge in [-0.15, -0.1) is 0 Å². The number of fused-ring (bicyclic) bond motifs is 1. The lowest BCUT2D eigenvalue weighted by atomic mass is 10.2. The van der Waals surface area contributed by atoms with Crippen molar-refractivity contribution in [1.82, 2.24) is 19.1 Å². The summed E-state index contributed by atoms with van der Waals surface area (Å²) in [6.07, 6.45) is 0. The smallest absolute Gasteiger partial charge is 0.329 e. The standard InChI is InChI=1S/C19H16ClN5O3/c1-24-16-15(17(26)23-18(24)27)25(10-11-5-7-12(20)8-6-11)19(22-16)28-14-4-2-3-13(21)9-14/h2-9H,10,21H2,1H3,(H,23,26,27). The number of anilines is 1. The Morgan fingerprint density at radius 2 is 1.93 bits per heavy atom. The zero-order chi connectivity index (χ0) is 19.8. The highest BCUT2D eigenvalue weighted by molar-refractivity contribution is 6.30. The van der Waals surface area contributed by atoms with Gasteiger partial charge >= 0.3 is 11.7 Å². The molecule has 4 aromatic rings. The van der Waals surface area contributed by atoms with Gasteiger partial charge < -0.3 is 10.5 Å². The number of nitrogens with two attached hydrogens (primary N) is 1. The van der Waals surface area contributed by atoms with Crippen LogP contribution in [0.15, 0.2) is 58.1 Å². The van der Waals surface area contributed by atoms with Gasteiger partial charge in [-0.3, -0.25) is 18.9 Å². The minimum absolute atomic E-state index is 0.169. The number of H-pyrrole nitrogens is 1. The first-order valence-corrected chi connectivity index (χ1v) is 8.77. The van der Waals surface area contributed by atoms with Crippen LogP contribution in [0.3, 0.4) is 0 Å². The topological polar surface area (TPSA) is 108 Å². The van der Waals surface area contributed by atoms with Gasteiger partial charge in [0.2, 0.25) is 0 Å². The number of nitrogens with one attached hydrogen (secondary N) is 1. The van der Waals surface area contributed by atoms with E-state index in [2.05, 4.69) is 9.97 Å². The molecule has 0 aliphatic heterocycles. The SMILES string of the molecule is Cn1c(=O)[nH]c(=O)c2c1nc(Oc1cccc(N)c1)n2Cc1ccc(Cl)cc1. The van der Waals surface area contributed by atoms with E-state index in [4.69, 9.17) is 22.1 Å². The summed E-state index contributed by atoms with van der Waals surface area (Å²) < 4.78 is 8.78. The van der Waals surface area contributed by atoms with E-state index in [1.165, 1.54) is 11.6 Å². The lowest BCUT2D eigenvalue weighted by Gasteiger charge is -2.10. The number of hydrogen-bond donors (Lipinski definition) is 2. The fraction of sp³-hybridized carbons (Fsp3) is 0.105. The molecule has 0 aliphatic carbocycles. The van der Waals surface area contributed by atoms with Crippen molar-refractivity contribution in [1.29, 1.82) is 0 Å². The summed E-state index contributed by atoms with van der Waals surface area (Å²) in [5.41, 5.74) is 6.59. The molecule has 2 heterocycles. The number of halogens is 1. The minimum Gasteiger partial charge on any atom is -0.425 e. The Morgan fingerprint density at radius 1 is 1.18 bits per heavy atom. The summed E-state index contributed by atoms with van der Waals surface area (Å²) in [6, 6.07) is 14.2. The molecule has 0 saturated carbocycles. The molecule has 0 amide bonds. The Kier molecular flexibility index (Phi) is 4.40. The maximum absolute atomic E-state index is 12.5. The molecule has 0 fully saturated rings. The van der Waals surface area contributed by atoms with Crippen LogP contribution in [0, 0.1) is 0 Å². The van der Waals surface area contributed by atoms with Crippen molar-refractivity contribution in [2.24, 2.45) is 7.05 Å². The Labute approximate surface area is 163 Å². The number of imidazole rings is 1. The molecule has 28 heavy (non-hydrogen) atoms. The van der Waals surface area contributed by atoms with Gasteiger partial charge in [-0.05, 0) is 29.8 Å². The van der Waals surface area contributed by atoms with Gasteiger partial charge in [-0.1, -0.05) is 29.8 Å². The van der Waals surface area contributed by atoms with E-state index in [1.54, 1.807) is 41.0 Å². The molecule has 2 aromatic carbocycles. The van der Waals surface area contributed by atoms with E-state index in [1.807, 2.05) is 12.1 Å². The van der Waals surface area contributed by atoms with Gasteiger partial charge in [-0.25, -0.2) is 4.79 Å². The number of aromatic amines is 1. The Balaban J connectivity index is 1.90. The Bertz CT molecular complexity index is 1290. The van der Waals surface area contributed by atoms with Crippen molar-refractivity contribution in [3.63, 3.8) is 0 Å². The highest BCUT2D eigenvalue weighted by atomic mass is 35.5. The zero-order valence-corrected chi connectivity index (χ0v) is 15.6. The molecule has 0 saturated heterocycles. The molecule has 0 bridgehead atoms. The van der Waals surface area contributed by atoms with E-state index < -0.39 is 11.2 Å². The number of benzene rings is 2. The molecule has 0 radical (unpaired) electrons. The third-order valence-electron chi connectivity index (χ3n) is 4.29. The lowest BCUT2D eigenvalue weighted by Crippen LogP contribution is -2.29. The first kappa shape index (κ1) is 17.9. The van der Waals surface area contributed by atoms with Crippen LogP contribution < -0.4 is 21.7 Å². The predicted molar refractivity (Wildman–Crippen MR) is 107 cm³/mol. The van der Waals surface area contributed by atoms with E-state index in [0.29, 0.717) is 23.0 Å². The van der Waals surface area contributed by atoms with Crippen molar-refractivity contribution in [3.05, 3.63) is 80.0 Å². The fourth-order valence-electron chi connectivity index (χ4n) is 2.90. The second-order valence-corrected chi connectivity index (χ2v) is 6.71. The summed E-state index contributed by atoms with van der Waals surface area (Å²) in [7, 11) is 1.53. The molecule has 2 aromatic heterocycles. The van der Waals surface area contributed by atoms with Crippen LogP contribution in [-0.2, 0) is 13.6 Å². The van der Waals surface area contributed by atoms with Crippen LogP contribution in [0.1, 0.15) is 5.56 Å². The third-order valence-corrected chi connectivity index (χ3v) is 4.55. The largest absolute Gasteiger partial charge is 0.425 e. The maximum Gasteiger partial charge on any atom is 0.329 e. The van der Waals surface area contributed by atoms with Gasteiger partial charge in [0.1, 0.15) is 5.75 Å². The van der Waals surface area contributed by atoms with E-state index in [0.717, 1.165) is 5.56 Å². The highest BCUT2D eigenvalue weighted by Crippen LogP contribution is 2.26. The van der Waals surface area contributed by atoms with E-state index >= 15 is 0 Å². The number of nitrogens with zero attached hydrogens (tertiary/aromatic N) is 3. The number of rotatable bonds is 4. The predicted octanol–water partition coefficient (Wildman–Crippen LogP) is 2.50. The second kappa shape index (κ2) is 6.90. The van der Waals surface area contributed by atoms with Gasteiger partial charge in [-0.2, -0.15) is 4.98 Å². The number of ether oxygens (including phenoxy) is 1. The van der Waals surface area contributed by atoms with Crippen molar-refractivity contribution >= 4 is 28.5 Å². The molecule has 3 N–H and O–H groups in total. The van der Waals surface area contributed by atoms with Crippen LogP contribution in [0.4, 0.5) is 5.69 Å². The first-order chi connectivity index (χ1) is 13.4. The first-order valence-electron chi connectivity index (χ1n) is 8.40. The molecular weight excluding hydrogens is 382 g/mol. The van der Waals surface area contributed by atoms with Crippen LogP contribution in [0.25, 0.3) is 11.2 Å². The van der Waals surface area contributed by atoms with Crippen molar-refractivity contribution < 1.29 is 4.74 Å². The summed E-state index contributed by atoms with van der Waals surface area (Å²) in [4.78, 5) is 31.2. The van der Waals surface area contributed by atoms with Crippen molar-refractivity contribution in [2.45, 2.75) is 6.54 Å². The Hall–Kier alpha value is -3.52. The number of aromatic nitrogens is 4.